The fourth-order valence-electron chi connectivity index (χ4n) is 2.40. The Labute approximate surface area is 168 Å². The molecule has 0 aromatic heterocycles. The van der Waals surface area contributed by atoms with E-state index < -0.39 is 5.91 Å². The quantitative estimate of drug-likeness (QED) is 0.372. The summed E-state index contributed by atoms with van der Waals surface area (Å²) in [5.41, 5.74) is 7.43. The molecule has 7 nitrogen and oxygen atoms in total. The van der Waals surface area contributed by atoms with Gasteiger partial charge in [0.2, 0.25) is 0 Å². The van der Waals surface area contributed by atoms with Crippen molar-refractivity contribution in [3.05, 3.63) is 58.8 Å². The maximum atomic E-state index is 12.4. The van der Waals surface area contributed by atoms with E-state index in [-0.39, 0.29) is 11.6 Å². The molecule has 0 saturated heterocycles. The highest BCUT2D eigenvalue weighted by Crippen LogP contribution is 2.30. The first-order valence-electron chi connectivity index (χ1n) is 8.34. The lowest BCUT2D eigenvalue weighted by Crippen LogP contribution is -2.28. The molecule has 2 aromatic rings. The number of carbonyl (C=O) groups is 1. The zero-order valence-corrected chi connectivity index (χ0v) is 16.5. The molecule has 0 fully saturated rings. The summed E-state index contributed by atoms with van der Waals surface area (Å²) < 4.78 is 10.5. The Morgan fingerprint density at radius 1 is 1.21 bits per heavy atom. The van der Waals surface area contributed by atoms with Gasteiger partial charge in [-0.05, 0) is 42.8 Å². The van der Waals surface area contributed by atoms with Crippen LogP contribution >= 0.6 is 11.6 Å². The topological polar surface area (TPSA) is 109 Å². The summed E-state index contributed by atoms with van der Waals surface area (Å²) in [6.07, 6.45) is 1.32. The summed E-state index contributed by atoms with van der Waals surface area (Å²) in [7, 11) is 3.09. The van der Waals surface area contributed by atoms with Crippen molar-refractivity contribution in [2.75, 3.05) is 25.3 Å². The minimum Gasteiger partial charge on any atom is -0.493 e. The number of hydrogen-bond donors (Lipinski definition) is 3. The number of rotatable bonds is 7. The first-order valence-corrected chi connectivity index (χ1v) is 8.72. The number of nitrogens with two attached hydrogens (primary N) is 1. The zero-order chi connectivity index (χ0) is 20.7. The molecule has 0 saturated carbocycles. The Hall–Kier alpha value is -3.37. The van der Waals surface area contributed by atoms with Crippen molar-refractivity contribution in [3.8, 4) is 17.6 Å². The molecule has 1 amide bonds. The molecule has 0 aliphatic heterocycles. The number of nitriles is 1. The van der Waals surface area contributed by atoms with E-state index in [2.05, 4.69) is 10.6 Å². The minimum atomic E-state index is -0.515. The number of hydrogen-bond acceptors (Lipinski definition) is 6. The van der Waals surface area contributed by atoms with Crippen molar-refractivity contribution in [1.82, 2.24) is 5.32 Å². The summed E-state index contributed by atoms with van der Waals surface area (Å²) in [5.74, 6) is 0.631. The third-order valence-corrected chi connectivity index (χ3v) is 4.33. The first-order chi connectivity index (χ1) is 13.4. The number of halogens is 1. The standard InChI is InChI=1S/C20H21ClN4O3/c1-12(13-4-7-18(27-2)19(8-13)28-3)25-20(26)14(10-22)11-24-15-5-6-17(23)16(21)9-15/h4-9,11-12,24H,23H2,1-3H3,(H,25,26)/b14-11-. The number of anilines is 2. The van der Waals surface area contributed by atoms with Crippen LogP contribution < -0.4 is 25.8 Å². The van der Waals surface area contributed by atoms with E-state index in [9.17, 15) is 10.1 Å². The Morgan fingerprint density at radius 3 is 2.54 bits per heavy atom. The number of nitrogens with zero attached hydrogens (tertiary/aromatic N) is 1. The van der Waals surface area contributed by atoms with Gasteiger partial charge < -0.3 is 25.8 Å². The van der Waals surface area contributed by atoms with E-state index in [1.54, 1.807) is 44.4 Å². The molecular weight excluding hydrogens is 380 g/mol. The number of amides is 1. The Morgan fingerprint density at radius 2 is 1.93 bits per heavy atom. The summed E-state index contributed by atoms with van der Waals surface area (Å²) in [6, 6.07) is 11.8. The van der Waals surface area contributed by atoms with Crippen molar-refractivity contribution in [2.45, 2.75) is 13.0 Å². The maximum absolute atomic E-state index is 12.4. The second kappa shape index (κ2) is 9.53. The van der Waals surface area contributed by atoms with Crippen molar-refractivity contribution in [1.29, 1.82) is 5.26 Å². The van der Waals surface area contributed by atoms with Crippen molar-refractivity contribution in [2.24, 2.45) is 0 Å². The fraction of sp³-hybridized carbons (Fsp3) is 0.200. The Kier molecular flexibility index (Phi) is 7.13. The van der Waals surface area contributed by atoms with E-state index in [0.29, 0.717) is 27.9 Å². The summed E-state index contributed by atoms with van der Waals surface area (Å²) >= 11 is 5.96. The number of nitrogens with one attached hydrogen (secondary N) is 2. The normalized spacial score (nSPS) is 11.9. The third kappa shape index (κ3) is 5.09. The van der Waals surface area contributed by atoms with Crippen LogP contribution in [-0.2, 0) is 4.79 Å². The molecule has 1 unspecified atom stereocenters. The molecule has 0 heterocycles. The van der Waals surface area contributed by atoms with Crippen LogP contribution in [0.4, 0.5) is 11.4 Å². The molecule has 0 spiro atoms. The van der Waals surface area contributed by atoms with Gasteiger partial charge in [0.25, 0.3) is 5.91 Å². The fourth-order valence-corrected chi connectivity index (χ4v) is 2.58. The predicted molar refractivity (Wildman–Crippen MR) is 109 cm³/mol. The van der Waals surface area contributed by atoms with Crippen LogP contribution in [0.25, 0.3) is 0 Å². The van der Waals surface area contributed by atoms with Gasteiger partial charge in [0.1, 0.15) is 11.6 Å². The van der Waals surface area contributed by atoms with Crippen LogP contribution in [-0.4, -0.2) is 20.1 Å². The molecule has 8 heteroatoms. The van der Waals surface area contributed by atoms with Gasteiger partial charge in [-0.1, -0.05) is 17.7 Å². The monoisotopic (exact) mass is 400 g/mol. The lowest BCUT2D eigenvalue weighted by molar-refractivity contribution is -0.117. The second-order valence-corrected chi connectivity index (χ2v) is 6.27. The highest BCUT2D eigenvalue weighted by Gasteiger charge is 2.15. The van der Waals surface area contributed by atoms with Crippen LogP contribution in [0.1, 0.15) is 18.5 Å². The predicted octanol–water partition coefficient (Wildman–Crippen LogP) is 3.64. The molecule has 4 N–H and O–H groups in total. The zero-order valence-electron chi connectivity index (χ0n) is 15.7. The van der Waals surface area contributed by atoms with Gasteiger partial charge in [0.05, 0.1) is 31.0 Å². The van der Waals surface area contributed by atoms with Gasteiger partial charge in [-0.15, -0.1) is 0 Å². The van der Waals surface area contributed by atoms with Gasteiger partial charge in [0.15, 0.2) is 11.5 Å². The lowest BCUT2D eigenvalue weighted by Gasteiger charge is -2.16. The summed E-state index contributed by atoms with van der Waals surface area (Å²) in [5, 5.41) is 15.3. The molecular formula is C20H21ClN4O3. The molecule has 2 aromatic carbocycles. The molecule has 1 atom stereocenters. The maximum Gasteiger partial charge on any atom is 0.263 e. The minimum absolute atomic E-state index is 0.0831. The first kappa shape index (κ1) is 20.9. The molecule has 0 bridgehead atoms. The van der Waals surface area contributed by atoms with E-state index >= 15 is 0 Å². The van der Waals surface area contributed by atoms with Crippen molar-refractivity contribution >= 4 is 28.9 Å². The number of carbonyl (C=O) groups excluding carboxylic acids is 1. The van der Waals surface area contributed by atoms with Gasteiger partial charge in [-0.25, -0.2) is 0 Å². The average Bonchev–Trinajstić information content (AvgIpc) is 2.70. The summed E-state index contributed by atoms with van der Waals surface area (Å²) in [6.45, 7) is 1.81. The number of methoxy groups -OCH3 is 2. The van der Waals surface area contributed by atoms with Crippen LogP contribution in [0.5, 0.6) is 11.5 Å². The average molecular weight is 401 g/mol. The number of nitrogen functional groups attached to an aromatic ring is 1. The molecule has 0 aliphatic rings. The molecule has 146 valence electrons. The van der Waals surface area contributed by atoms with Crippen LogP contribution in [0.15, 0.2) is 48.2 Å². The van der Waals surface area contributed by atoms with Crippen molar-refractivity contribution < 1.29 is 14.3 Å². The highest BCUT2D eigenvalue weighted by molar-refractivity contribution is 6.33. The van der Waals surface area contributed by atoms with Gasteiger partial charge >= 0.3 is 0 Å². The highest BCUT2D eigenvalue weighted by atomic mass is 35.5. The second-order valence-electron chi connectivity index (χ2n) is 5.86. The van der Waals surface area contributed by atoms with Gasteiger partial charge in [0, 0.05) is 11.9 Å². The third-order valence-electron chi connectivity index (χ3n) is 4.00. The smallest absolute Gasteiger partial charge is 0.263 e. The van der Waals surface area contributed by atoms with Gasteiger partial charge in [-0.3, -0.25) is 4.79 Å². The van der Waals surface area contributed by atoms with E-state index in [1.165, 1.54) is 13.3 Å². The van der Waals surface area contributed by atoms with Crippen LogP contribution in [0.2, 0.25) is 5.02 Å². The Balaban J connectivity index is 2.10. The number of benzene rings is 2. The molecule has 0 radical (unpaired) electrons. The number of ether oxygens (including phenoxy) is 2. The van der Waals surface area contributed by atoms with E-state index in [1.807, 2.05) is 12.1 Å². The Bertz CT molecular complexity index is 938. The summed E-state index contributed by atoms with van der Waals surface area (Å²) in [4.78, 5) is 12.4. The molecule has 2 rings (SSSR count). The molecule has 28 heavy (non-hydrogen) atoms. The van der Waals surface area contributed by atoms with Crippen LogP contribution in [0, 0.1) is 11.3 Å². The molecule has 0 aliphatic carbocycles. The SMILES string of the molecule is COc1ccc(C(C)NC(=O)/C(C#N)=C\Nc2ccc(N)c(Cl)c2)cc1OC. The van der Waals surface area contributed by atoms with E-state index in [0.717, 1.165) is 5.56 Å². The largest absolute Gasteiger partial charge is 0.493 e. The van der Waals surface area contributed by atoms with E-state index in [4.69, 9.17) is 26.8 Å². The van der Waals surface area contributed by atoms with Crippen LogP contribution in [0.3, 0.4) is 0 Å². The lowest BCUT2D eigenvalue weighted by atomic mass is 10.1. The van der Waals surface area contributed by atoms with Gasteiger partial charge in [-0.2, -0.15) is 5.26 Å². The van der Waals surface area contributed by atoms with Crippen molar-refractivity contribution in [3.63, 3.8) is 0 Å².